The number of hydrogen-bond acceptors (Lipinski definition) is 7. The number of halogens is 1. The molecule has 41 heavy (non-hydrogen) atoms. The molecule has 1 aliphatic rings. The van der Waals surface area contributed by atoms with Gasteiger partial charge in [0.2, 0.25) is 0 Å². The van der Waals surface area contributed by atoms with Crippen molar-refractivity contribution in [1.29, 1.82) is 0 Å². The van der Waals surface area contributed by atoms with E-state index in [1.54, 1.807) is 23.7 Å². The van der Waals surface area contributed by atoms with Crippen LogP contribution in [0.2, 0.25) is 0 Å². The minimum absolute atomic E-state index is 0.101. The first-order valence-electron chi connectivity index (χ1n) is 13.0. The number of hydrazone groups is 1. The lowest BCUT2D eigenvalue weighted by Crippen LogP contribution is -2.28. The number of aromatic nitrogens is 3. The van der Waals surface area contributed by atoms with Gasteiger partial charge in [0.15, 0.2) is 11.0 Å². The molecule has 0 radical (unpaired) electrons. The molecule has 0 fully saturated rings. The van der Waals surface area contributed by atoms with Gasteiger partial charge in [-0.25, -0.2) is 9.40 Å². The molecular weight excluding hydrogens is 543 g/mol. The zero-order chi connectivity index (χ0) is 28.9. The van der Waals surface area contributed by atoms with Crippen molar-refractivity contribution in [3.63, 3.8) is 0 Å². The molecule has 1 unspecified atom stereocenters. The molecule has 11 heteroatoms. The van der Waals surface area contributed by atoms with Crippen LogP contribution in [-0.4, -0.2) is 50.2 Å². The van der Waals surface area contributed by atoms with E-state index in [0.29, 0.717) is 17.4 Å². The second-order valence-corrected chi connectivity index (χ2v) is 10.5. The van der Waals surface area contributed by atoms with Crippen LogP contribution in [0.5, 0.6) is 5.75 Å². The Bertz CT molecular complexity index is 1590. The van der Waals surface area contributed by atoms with E-state index in [1.807, 2.05) is 55.5 Å². The first kappa shape index (κ1) is 28.0. The number of hydrogen-bond donors (Lipinski definition) is 1. The highest BCUT2D eigenvalue weighted by Crippen LogP contribution is 2.34. The van der Waals surface area contributed by atoms with Crippen LogP contribution < -0.4 is 10.1 Å². The Kier molecular flexibility index (Phi) is 8.44. The Balaban J connectivity index is 1.27. The van der Waals surface area contributed by atoms with Crippen molar-refractivity contribution in [3.8, 4) is 5.75 Å². The standard InChI is InChI=1S/C30H29FN6O3S/c1-19-7-9-21(10-8-19)26-16-25(20-11-13-24(40-3)14-12-20)35-37(26)28(38)18-41-30-34-33-27(36(30)2)17-32-29(39)22-5-4-6-23(31)15-22/h4-15,26H,16-18H2,1-3H3,(H,32,39). The number of aryl methyl sites for hydroxylation is 1. The van der Waals surface area contributed by atoms with E-state index in [9.17, 15) is 14.0 Å². The number of nitrogens with one attached hydrogen (secondary N) is 1. The Morgan fingerprint density at radius 1 is 1.07 bits per heavy atom. The smallest absolute Gasteiger partial charge is 0.253 e. The number of ether oxygens (including phenoxy) is 1. The SMILES string of the molecule is COc1ccc(C2=NN(C(=O)CSc3nnc(CNC(=O)c4cccc(F)c4)n3C)C(c3ccc(C)cc3)C2)cc1. The number of benzene rings is 3. The third-order valence-electron chi connectivity index (χ3n) is 6.79. The lowest BCUT2D eigenvalue weighted by Gasteiger charge is -2.22. The highest BCUT2D eigenvalue weighted by Gasteiger charge is 2.33. The molecule has 4 aromatic rings. The summed E-state index contributed by atoms with van der Waals surface area (Å²) in [6, 6.07) is 21.0. The summed E-state index contributed by atoms with van der Waals surface area (Å²) < 4.78 is 20.4. The van der Waals surface area contributed by atoms with E-state index >= 15 is 0 Å². The molecule has 0 saturated carbocycles. The van der Waals surface area contributed by atoms with E-state index < -0.39 is 11.7 Å². The monoisotopic (exact) mass is 572 g/mol. The summed E-state index contributed by atoms with van der Waals surface area (Å²) in [7, 11) is 3.39. The summed E-state index contributed by atoms with van der Waals surface area (Å²) in [5, 5.41) is 17.9. The fraction of sp³-hybridized carbons (Fsp3) is 0.233. The molecule has 1 atom stereocenters. The normalized spacial score (nSPS) is 14.6. The van der Waals surface area contributed by atoms with Crippen molar-refractivity contribution >= 4 is 29.3 Å². The molecule has 1 aliphatic heterocycles. The fourth-order valence-electron chi connectivity index (χ4n) is 4.45. The van der Waals surface area contributed by atoms with Crippen molar-refractivity contribution in [1.82, 2.24) is 25.1 Å². The molecule has 9 nitrogen and oxygen atoms in total. The summed E-state index contributed by atoms with van der Waals surface area (Å²) in [6.45, 7) is 2.13. The Morgan fingerprint density at radius 2 is 1.83 bits per heavy atom. The van der Waals surface area contributed by atoms with Gasteiger partial charge in [-0.05, 0) is 60.5 Å². The van der Waals surface area contributed by atoms with E-state index in [0.717, 1.165) is 28.2 Å². The lowest BCUT2D eigenvalue weighted by atomic mass is 9.97. The summed E-state index contributed by atoms with van der Waals surface area (Å²) in [5.74, 6) is 0.296. The number of thioether (sulfide) groups is 1. The van der Waals surface area contributed by atoms with Crippen LogP contribution in [0, 0.1) is 12.7 Å². The minimum atomic E-state index is -0.484. The van der Waals surface area contributed by atoms with E-state index in [2.05, 4.69) is 15.5 Å². The van der Waals surface area contributed by atoms with Gasteiger partial charge in [0.25, 0.3) is 11.8 Å². The molecule has 2 amide bonds. The fourth-order valence-corrected chi connectivity index (χ4v) is 5.24. The summed E-state index contributed by atoms with van der Waals surface area (Å²) >= 11 is 1.25. The van der Waals surface area contributed by atoms with Crippen LogP contribution in [0.3, 0.4) is 0 Å². The molecular formula is C30H29FN6O3S. The quantitative estimate of drug-likeness (QED) is 0.293. The van der Waals surface area contributed by atoms with Gasteiger partial charge in [-0.15, -0.1) is 10.2 Å². The van der Waals surface area contributed by atoms with Gasteiger partial charge in [-0.3, -0.25) is 9.59 Å². The zero-order valence-corrected chi connectivity index (χ0v) is 23.7. The number of amides is 2. The maximum atomic E-state index is 13.5. The molecule has 0 spiro atoms. The minimum Gasteiger partial charge on any atom is -0.497 e. The van der Waals surface area contributed by atoms with E-state index in [1.165, 1.54) is 36.0 Å². The van der Waals surface area contributed by atoms with Gasteiger partial charge in [-0.2, -0.15) is 5.10 Å². The molecule has 3 aromatic carbocycles. The maximum Gasteiger partial charge on any atom is 0.253 e. The number of carbonyl (C=O) groups is 2. The molecule has 1 N–H and O–H groups in total. The highest BCUT2D eigenvalue weighted by molar-refractivity contribution is 7.99. The maximum absolute atomic E-state index is 13.5. The largest absolute Gasteiger partial charge is 0.497 e. The van der Waals surface area contributed by atoms with Gasteiger partial charge >= 0.3 is 0 Å². The molecule has 0 saturated heterocycles. The molecule has 1 aromatic heterocycles. The van der Waals surface area contributed by atoms with Crippen molar-refractivity contribution in [2.45, 2.75) is 31.1 Å². The Hall–Kier alpha value is -4.51. The second kappa shape index (κ2) is 12.3. The van der Waals surface area contributed by atoms with Crippen LogP contribution in [0.15, 0.2) is 83.1 Å². The number of rotatable bonds is 9. The Morgan fingerprint density at radius 3 is 2.54 bits per heavy atom. The van der Waals surface area contributed by atoms with E-state index in [4.69, 9.17) is 9.84 Å². The van der Waals surface area contributed by atoms with Crippen LogP contribution in [0.1, 0.15) is 45.3 Å². The van der Waals surface area contributed by atoms with Gasteiger partial charge in [0.1, 0.15) is 11.6 Å². The van der Waals surface area contributed by atoms with Gasteiger partial charge < -0.3 is 14.6 Å². The lowest BCUT2D eigenvalue weighted by molar-refractivity contribution is -0.130. The summed E-state index contributed by atoms with van der Waals surface area (Å²) in [4.78, 5) is 25.9. The number of carbonyl (C=O) groups excluding carboxylic acids is 2. The van der Waals surface area contributed by atoms with Crippen LogP contribution in [0.25, 0.3) is 0 Å². The van der Waals surface area contributed by atoms with Crippen LogP contribution >= 0.6 is 11.8 Å². The topological polar surface area (TPSA) is 102 Å². The first-order chi connectivity index (χ1) is 19.8. The van der Waals surface area contributed by atoms with Crippen molar-refractivity contribution in [2.75, 3.05) is 12.9 Å². The van der Waals surface area contributed by atoms with E-state index in [-0.39, 0.29) is 29.8 Å². The molecule has 2 heterocycles. The Labute approximate surface area is 241 Å². The van der Waals surface area contributed by atoms with Crippen molar-refractivity contribution in [3.05, 3.63) is 107 Å². The third-order valence-corrected chi connectivity index (χ3v) is 7.80. The average molecular weight is 573 g/mol. The molecule has 5 rings (SSSR count). The van der Waals surface area contributed by atoms with Crippen molar-refractivity contribution < 1.29 is 18.7 Å². The highest BCUT2D eigenvalue weighted by atomic mass is 32.2. The third kappa shape index (κ3) is 6.46. The second-order valence-electron chi connectivity index (χ2n) is 9.58. The first-order valence-corrected chi connectivity index (χ1v) is 14.0. The van der Waals surface area contributed by atoms with Gasteiger partial charge in [0, 0.05) is 19.0 Å². The van der Waals surface area contributed by atoms with Crippen LogP contribution in [0.4, 0.5) is 4.39 Å². The molecule has 0 aliphatic carbocycles. The zero-order valence-electron chi connectivity index (χ0n) is 22.9. The average Bonchev–Trinajstić information content (AvgIpc) is 3.59. The van der Waals surface area contributed by atoms with Crippen LogP contribution in [-0.2, 0) is 18.4 Å². The molecule has 210 valence electrons. The summed E-state index contributed by atoms with van der Waals surface area (Å²) in [5.41, 5.74) is 4.13. The van der Waals surface area contributed by atoms with Crippen molar-refractivity contribution in [2.24, 2.45) is 12.1 Å². The molecule has 0 bridgehead atoms. The number of nitrogens with zero attached hydrogens (tertiary/aromatic N) is 5. The predicted octanol–water partition coefficient (Wildman–Crippen LogP) is 4.67. The summed E-state index contributed by atoms with van der Waals surface area (Å²) in [6.07, 6.45) is 0.588. The van der Waals surface area contributed by atoms with Gasteiger partial charge in [-0.1, -0.05) is 47.7 Å². The van der Waals surface area contributed by atoms with Gasteiger partial charge in [0.05, 0.1) is 31.2 Å². The number of methoxy groups -OCH3 is 1. The predicted molar refractivity (Wildman–Crippen MR) is 154 cm³/mol.